The van der Waals surface area contributed by atoms with E-state index in [1.165, 1.54) is 25.7 Å². The van der Waals surface area contributed by atoms with E-state index in [1.54, 1.807) is 26.1 Å². The molecule has 2 N–H and O–H groups in total. The van der Waals surface area contributed by atoms with Gasteiger partial charge in [-0.1, -0.05) is 26.7 Å². The Labute approximate surface area is 141 Å². The van der Waals surface area contributed by atoms with Crippen molar-refractivity contribution in [2.75, 3.05) is 47.4 Å². The average molecular weight is 326 g/mol. The van der Waals surface area contributed by atoms with E-state index in [0.29, 0.717) is 19.1 Å². The fraction of sp³-hybridized carbons (Fsp3) is 0.882. The molecule has 0 aliphatic heterocycles. The summed E-state index contributed by atoms with van der Waals surface area (Å²) in [6, 6.07) is 0. The summed E-state index contributed by atoms with van der Waals surface area (Å²) in [6.45, 7) is 6.91. The number of carbonyl (C=O) groups is 1. The first-order chi connectivity index (χ1) is 10.9. The van der Waals surface area contributed by atoms with E-state index < -0.39 is 0 Å². The van der Waals surface area contributed by atoms with Gasteiger partial charge in [0.25, 0.3) is 0 Å². The highest BCUT2D eigenvalue weighted by Crippen LogP contribution is 2.38. The second-order valence-corrected chi connectivity index (χ2v) is 7.20. The zero-order valence-corrected chi connectivity index (χ0v) is 15.4. The second-order valence-electron chi connectivity index (χ2n) is 7.20. The topological polar surface area (TPSA) is 66.0 Å². The number of aliphatic imine (C=N–C) groups is 1. The lowest BCUT2D eigenvalue weighted by molar-refractivity contribution is -0.127. The number of nitrogens with zero attached hydrogens (tertiary/aromatic N) is 2. The van der Waals surface area contributed by atoms with E-state index in [9.17, 15) is 4.79 Å². The van der Waals surface area contributed by atoms with Gasteiger partial charge in [0, 0.05) is 34.3 Å². The molecule has 1 rings (SSSR count). The molecule has 0 radical (unpaired) electrons. The molecular weight excluding hydrogens is 292 g/mol. The lowest BCUT2D eigenvalue weighted by atomic mass is 9.78. The number of methoxy groups -OCH3 is 1. The predicted octanol–water partition coefficient (Wildman–Crippen LogP) is 1.47. The van der Waals surface area contributed by atoms with Gasteiger partial charge in [-0.2, -0.15) is 0 Å². The molecule has 0 aromatic rings. The zero-order valence-electron chi connectivity index (χ0n) is 15.4. The summed E-state index contributed by atoms with van der Waals surface area (Å²) in [4.78, 5) is 17.7. The first-order valence-corrected chi connectivity index (χ1v) is 8.58. The smallest absolute Gasteiger partial charge is 0.243 e. The molecule has 0 heterocycles. The van der Waals surface area contributed by atoms with Gasteiger partial charge in [0.05, 0.1) is 6.61 Å². The quantitative estimate of drug-likeness (QED) is 0.403. The van der Waals surface area contributed by atoms with Crippen LogP contribution in [0.2, 0.25) is 0 Å². The van der Waals surface area contributed by atoms with E-state index >= 15 is 0 Å². The molecule has 0 bridgehead atoms. The maximum Gasteiger partial charge on any atom is 0.243 e. The van der Waals surface area contributed by atoms with Gasteiger partial charge in [-0.25, -0.2) is 4.99 Å². The Balaban J connectivity index is 2.56. The monoisotopic (exact) mass is 326 g/mol. The summed E-state index contributed by atoms with van der Waals surface area (Å²) in [5.74, 6) is 1.44. The summed E-state index contributed by atoms with van der Waals surface area (Å²) < 4.78 is 5.06. The SMILES string of the molecule is COCCNC(=NCC(=O)N(C)C)NCC(C)(C)C1CCCC1. The Hall–Kier alpha value is -1.30. The van der Waals surface area contributed by atoms with Crippen molar-refractivity contribution in [3.8, 4) is 0 Å². The van der Waals surface area contributed by atoms with Gasteiger partial charge >= 0.3 is 0 Å². The Kier molecular flexibility index (Phi) is 8.37. The second kappa shape index (κ2) is 9.75. The Morgan fingerprint density at radius 2 is 1.91 bits per heavy atom. The zero-order chi connectivity index (χ0) is 17.3. The molecule has 1 fully saturated rings. The number of hydrogen-bond donors (Lipinski definition) is 2. The number of guanidine groups is 1. The Bertz CT molecular complexity index is 388. The number of amides is 1. The van der Waals surface area contributed by atoms with Crippen LogP contribution in [0.1, 0.15) is 39.5 Å². The molecule has 0 atom stereocenters. The fourth-order valence-electron chi connectivity index (χ4n) is 2.90. The van der Waals surface area contributed by atoms with E-state index in [1.807, 2.05) is 0 Å². The first-order valence-electron chi connectivity index (χ1n) is 8.58. The highest BCUT2D eigenvalue weighted by atomic mass is 16.5. The predicted molar refractivity (Wildman–Crippen MR) is 94.6 cm³/mol. The number of ether oxygens (including phenoxy) is 1. The fourth-order valence-corrected chi connectivity index (χ4v) is 2.90. The molecule has 1 aliphatic carbocycles. The lowest BCUT2D eigenvalue weighted by Crippen LogP contribution is -2.45. The van der Waals surface area contributed by atoms with Crippen molar-refractivity contribution in [3.63, 3.8) is 0 Å². The van der Waals surface area contributed by atoms with Crippen LogP contribution in [0.25, 0.3) is 0 Å². The lowest BCUT2D eigenvalue weighted by Gasteiger charge is -2.32. The molecule has 6 nitrogen and oxygen atoms in total. The van der Waals surface area contributed by atoms with Crippen LogP contribution in [0, 0.1) is 11.3 Å². The summed E-state index contributed by atoms with van der Waals surface area (Å²) in [6.07, 6.45) is 5.33. The summed E-state index contributed by atoms with van der Waals surface area (Å²) >= 11 is 0. The minimum absolute atomic E-state index is 0.00658. The maximum absolute atomic E-state index is 11.7. The van der Waals surface area contributed by atoms with E-state index in [2.05, 4.69) is 29.5 Å². The van der Waals surface area contributed by atoms with E-state index in [4.69, 9.17) is 4.74 Å². The van der Waals surface area contributed by atoms with Crippen molar-refractivity contribution in [2.45, 2.75) is 39.5 Å². The van der Waals surface area contributed by atoms with Crippen LogP contribution in [0.5, 0.6) is 0 Å². The largest absolute Gasteiger partial charge is 0.383 e. The number of hydrogen-bond acceptors (Lipinski definition) is 3. The van der Waals surface area contributed by atoms with Gasteiger partial charge in [-0.15, -0.1) is 0 Å². The van der Waals surface area contributed by atoms with Crippen LogP contribution in [0.4, 0.5) is 0 Å². The summed E-state index contributed by atoms with van der Waals surface area (Å²) in [5.41, 5.74) is 0.228. The molecule has 134 valence electrons. The van der Waals surface area contributed by atoms with Gasteiger partial charge in [0.2, 0.25) is 5.91 Å². The molecule has 1 saturated carbocycles. The van der Waals surface area contributed by atoms with Crippen molar-refractivity contribution in [1.29, 1.82) is 0 Å². The van der Waals surface area contributed by atoms with Crippen LogP contribution in [0.3, 0.4) is 0 Å². The van der Waals surface area contributed by atoms with Gasteiger partial charge in [0.15, 0.2) is 5.96 Å². The highest BCUT2D eigenvalue weighted by molar-refractivity contribution is 5.84. The molecule has 6 heteroatoms. The molecule has 0 saturated heterocycles. The van der Waals surface area contributed by atoms with Crippen molar-refractivity contribution in [1.82, 2.24) is 15.5 Å². The van der Waals surface area contributed by atoms with E-state index in [0.717, 1.165) is 12.5 Å². The molecule has 0 unspecified atom stereocenters. The number of nitrogens with one attached hydrogen (secondary N) is 2. The molecule has 23 heavy (non-hydrogen) atoms. The van der Waals surface area contributed by atoms with Crippen LogP contribution < -0.4 is 10.6 Å². The average Bonchev–Trinajstić information content (AvgIpc) is 3.04. The van der Waals surface area contributed by atoms with Crippen molar-refractivity contribution < 1.29 is 9.53 Å². The van der Waals surface area contributed by atoms with E-state index in [-0.39, 0.29) is 17.9 Å². The molecule has 1 aliphatic rings. The van der Waals surface area contributed by atoms with Gasteiger partial charge in [-0.3, -0.25) is 4.79 Å². The van der Waals surface area contributed by atoms with Crippen LogP contribution in [-0.2, 0) is 9.53 Å². The minimum atomic E-state index is -0.00658. The van der Waals surface area contributed by atoms with Gasteiger partial charge < -0.3 is 20.3 Å². The van der Waals surface area contributed by atoms with Gasteiger partial charge in [-0.05, 0) is 24.2 Å². The highest BCUT2D eigenvalue weighted by Gasteiger charge is 2.31. The third-order valence-electron chi connectivity index (χ3n) is 4.64. The molecule has 0 spiro atoms. The third kappa shape index (κ3) is 7.20. The first kappa shape index (κ1) is 19.7. The number of likely N-dealkylation sites (N-methyl/N-ethyl adjacent to an activating group) is 1. The van der Waals surface area contributed by atoms with Crippen LogP contribution in [0.15, 0.2) is 4.99 Å². The molecule has 0 aromatic carbocycles. The van der Waals surface area contributed by atoms with Gasteiger partial charge in [0.1, 0.15) is 6.54 Å². The summed E-state index contributed by atoms with van der Waals surface area (Å²) in [7, 11) is 5.16. The molecular formula is C17H34N4O2. The standard InChI is InChI=1S/C17H34N4O2/c1-17(2,14-8-6-7-9-14)13-20-16(18-10-11-23-5)19-12-15(22)21(3)4/h14H,6-13H2,1-5H3,(H2,18,19,20). The van der Waals surface area contributed by atoms with Crippen molar-refractivity contribution in [3.05, 3.63) is 0 Å². The number of carbonyl (C=O) groups excluding carboxylic acids is 1. The minimum Gasteiger partial charge on any atom is -0.383 e. The summed E-state index contributed by atoms with van der Waals surface area (Å²) in [5, 5.41) is 6.62. The van der Waals surface area contributed by atoms with Crippen LogP contribution >= 0.6 is 0 Å². The Morgan fingerprint density at radius 3 is 2.48 bits per heavy atom. The number of rotatable bonds is 8. The Morgan fingerprint density at radius 1 is 1.26 bits per heavy atom. The molecule has 1 amide bonds. The normalized spacial score (nSPS) is 16.5. The van der Waals surface area contributed by atoms with Crippen molar-refractivity contribution in [2.24, 2.45) is 16.3 Å². The maximum atomic E-state index is 11.7. The third-order valence-corrected chi connectivity index (χ3v) is 4.64. The van der Waals surface area contributed by atoms with Crippen LogP contribution in [-0.4, -0.2) is 64.2 Å². The van der Waals surface area contributed by atoms with Crippen molar-refractivity contribution >= 4 is 11.9 Å². The molecule has 0 aromatic heterocycles.